The Balaban J connectivity index is 1.59. The zero-order valence-electron chi connectivity index (χ0n) is 14.3. The van der Waals surface area contributed by atoms with Crippen molar-refractivity contribution in [1.82, 2.24) is 4.90 Å². The van der Waals surface area contributed by atoms with Crippen molar-refractivity contribution in [3.63, 3.8) is 0 Å². The number of morpholine rings is 1. The van der Waals surface area contributed by atoms with Crippen LogP contribution < -0.4 is 4.74 Å². The Morgan fingerprint density at radius 2 is 1.88 bits per heavy atom. The Morgan fingerprint density at radius 1 is 1.15 bits per heavy atom. The lowest BCUT2D eigenvalue weighted by molar-refractivity contribution is -0.0292. The third-order valence-corrected chi connectivity index (χ3v) is 5.10. The van der Waals surface area contributed by atoms with Gasteiger partial charge in [-0.25, -0.2) is 0 Å². The van der Waals surface area contributed by atoms with Crippen molar-refractivity contribution in [3.8, 4) is 11.8 Å². The lowest BCUT2D eigenvalue weighted by Gasteiger charge is -2.32. The normalized spacial score (nSPS) is 17.7. The highest BCUT2D eigenvalue weighted by molar-refractivity contribution is 6.35. The molecule has 2 aromatic carbocycles. The first-order valence-electron chi connectivity index (χ1n) is 8.54. The predicted molar refractivity (Wildman–Crippen MR) is 103 cm³/mol. The molecule has 1 atom stereocenters. The van der Waals surface area contributed by atoms with Crippen LogP contribution in [0.15, 0.2) is 42.5 Å². The Labute approximate surface area is 163 Å². The zero-order valence-corrected chi connectivity index (χ0v) is 15.8. The molecule has 0 N–H and O–H groups in total. The molecule has 0 bridgehead atoms. The van der Waals surface area contributed by atoms with Crippen molar-refractivity contribution in [3.05, 3.63) is 63.6 Å². The van der Waals surface area contributed by atoms with E-state index in [9.17, 15) is 0 Å². The largest absolute Gasteiger partial charge is 0.489 e. The molecule has 1 aliphatic heterocycles. The van der Waals surface area contributed by atoms with Crippen LogP contribution in [-0.4, -0.2) is 31.1 Å². The fourth-order valence-electron chi connectivity index (χ4n) is 2.92. The van der Waals surface area contributed by atoms with Crippen molar-refractivity contribution in [2.75, 3.05) is 26.2 Å². The molecule has 0 aliphatic carbocycles. The second-order valence-corrected chi connectivity index (χ2v) is 6.94. The molecular formula is C20H20Cl2N2O2. The van der Waals surface area contributed by atoms with Crippen molar-refractivity contribution >= 4 is 23.2 Å². The molecule has 136 valence electrons. The molecule has 1 unspecified atom stereocenters. The Morgan fingerprint density at radius 3 is 2.58 bits per heavy atom. The van der Waals surface area contributed by atoms with E-state index in [1.165, 1.54) is 0 Å². The molecule has 1 heterocycles. The highest BCUT2D eigenvalue weighted by Gasteiger charge is 2.21. The highest BCUT2D eigenvalue weighted by Crippen LogP contribution is 2.27. The van der Waals surface area contributed by atoms with Crippen LogP contribution in [0.1, 0.15) is 23.7 Å². The van der Waals surface area contributed by atoms with E-state index in [4.69, 9.17) is 37.9 Å². The maximum absolute atomic E-state index is 8.74. The third kappa shape index (κ3) is 4.90. The molecule has 26 heavy (non-hydrogen) atoms. The van der Waals surface area contributed by atoms with Gasteiger partial charge in [0.25, 0.3) is 0 Å². The van der Waals surface area contributed by atoms with Crippen LogP contribution in [0.2, 0.25) is 10.0 Å². The number of nitriles is 1. The minimum absolute atomic E-state index is 0.0227. The fourth-order valence-corrected chi connectivity index (χ4v) is 3.43. The van der Waals surface area contributed by atoms with E-state index >= 15 is 0 Å². The summed E-state index contributed by atoms with van der Waals surface area (Å²) in [5.41, 5.74) is 1.89. The number of rotatable bonds is 6. The molecule has 0 saturated carbocycles. The average molecular weight is 391 g/mol. The zero-order chi connectivity index (χ0) is 18.4. The van der Waals surface area contributed by atoms with Crippen LogP contribution in [0.5, 0.6) is 5.75 Å². The Hall–Kier alpha value is -1.77. The monoisotopic (exact) mass is 390 g/mol. The number of ether oxygens (including phenoxy) is 2. The van der Waals surface area contributed by atoms with E-state index in [0.717, 1.165) is 36.5 Å². The van der Waals surface area contributed by atoms with E-state index in [2.05, 4.69) is 11.0 Å². The lowest BCUT2D eigenvalue weighted by atomic mass is 10.1. The third-order valence-electron chi connectivity index (χ3n) is 4.39. The summed E-state index contributed by atoms with van der Waals surface area (Å²) in [6, 6.07) is 15.5. The Bertz CT molecular complexity index is 754. The second-order valence-electron chi connectivity index (χ2n) is 6.13. The van der Waals surface area contributed by atoms with Crippen molar-refractivity contribution in [2.24, 2.45) is 0 Å². The highest BCUT2D eigenvalue weighted by atomic mass is 35.5. The number of hydrogen-bond acceptors (Lipinski definition) is 4. The van der Waals surface area contributed by atoms with Crippen molar-refractivity contribution < 1.29 is 9.47 Å². The van der Waals surface area contributed by atoms with E-state index in [0.29, 0.717) is 29.7 Å². The van der Waals surface area contributed by atoms with Crippen LogP contribution >= 0.6 is 23.2 Å². The minimum atomic E-state index is 0.0227. The van der Waals surface area contributed by atoms with Crippen LogP contribution in [-0.2, 0) is 11.3 Å². The van der Waals surface area contributed by atoms with Gasteiger partial charge in [-0.1, -0.05) is 41.4 Å². The van der Waals surface area contributed by atoms with E-state index in [1.54, 1.807) is 12.1 Å². The summed E-state index contributed by atoms with van der Waals surface area (Å²) in [7, 11) is 0. The molecule has 6 heteroatoms. The number of hydrogen-bond donors (Lipinski definition) is 0. The summed E-state index contributed by atoms with van der Waals surface area (Å²) >= 11 is 12.3. The first kappa shape index (κ1) is 19.0. The quantitative estimate of drug-likeness (QED) is 0.706. The summed E-state index contributed by atoms with van der Waals surface area (Å²) in [6.07, 6.45) is 0.568. The van der Waals surface area contributed by atoms with E-state index in [1.807, 2.05) is 30.3 Å². The summed E-state index contributed by atoms with van der Waals surface area (Å²) in [5, 5.41) is 9.94. The van der Waals surface area contributed by atoms with Gasteiger partial charge in [0.15, 0.2) is 0 Å². The van der Waals surface area contributed by atoms with E-state index in [-0.39, 0.29) is 6.10 Å². The van der Waals surface area contributed by atoms with Gasteiger partial charge < -0.3 is 9.47 Å². The average Bonchev–Trinajstić information content (AvgIpc) is 2.67. The molecule has 0 spiro atoms. The summed E-state index contributed by atoms with van der Waals surface area (Å²) < 4.78 is 11.7. The minimum Gasteiger partial charge on any atom is -0.489 e. The van der Waals surface area contributed by atoms with Gasteiger partial charge >= 0.3 is 0 Å². The Kier molecular flexibility index (Phi) is 6.76. The molecule has 0 aromatic heterocycles. The first-order chi connectivity index (χ1) is 12.7. The predicted octanol–water partition coefficient (Wildman–Crippen LogP) is 4.86. The van der Waals surface area contributed by atoms with Crippen LogP contribution in [0, 0.1) is 11.3 Å². The van der Waals surface area contributed by atoms with Gasteiger partial charge in [0, 0.05) is 41.7 Å². The van der Waals surface area contributed by atoms with Crippen LogP contribution in [0.25, 0.3) is 0 Å². The van der Waals surface area contributed by atoms with Crippen molar-refractivity contribution in [1.29, 1.82) is 5.26 Å². The van der Waals surface area contributed by atoms with Crippen LogP contribution in [0.3, 0.4) is 0 Å². The fraction of sp³-hybridized carbons (Fsp3) is 0.350. The van der Waals surface area contributed by atoms with Gasteiger partial charge in [0.2, 0.25) is 0 Å². The number of halogens is 2. The topological polar surface area (TPSA) is 45.5 Å². The van der Waals surface area contributed by atoms with Crippen LogP contribution in [0.4, 0.5) is 0 Å². The molecule has 0 amide bonds. The van der Waals surface area contributed by atoms with Gasteiger partial charge in [0.1, 0.15) is 12.4 Å². The molecule has 3 rings (SSSR count). The molecular weight excluding hydrogens is 371 g/mol. The second kappa shape index (κ2) is 9.25. The van der Waals surface area contributed by atoms with E-state index < -0.39 is 0 Å². The van der Waals surface area contributed by atoms with Gasteiger partial charge in [-0.05, 0) is 29.8 Å². The molecule has 1 aliphatic rings. The molecule has 1 saturated heterocycles. The van der Waals surface area contributed by atoms with Gasteiger partial charge in [-0.15, -0.1) is 0 Å². The molecule has 4 nitrogen and oxygen atoms in total. The summed E-state index contributed by atoms with van der Waals surface area (Å²) in [5.74, 6) is 0.752. The smallest absolute Gasteiger partial charge is 0.119 e. The first-order valence-corrected chi connectivity index (χ1v) is 9.29. The molecule has 1 fully saturated rings. The standard InChI is InChI=1S/C20H20Cl2N2O2/c21-18-3-1-4-19(22)17(18)14-26-16-7-5-15(6-8-16)20-13-24(10-2-9-23)11-12-25-20/h1,3-8,20H,2,10-14H2. The lowest BCUT2D eigenvalue weighted by Crippen LogP contribution is -2.38. The SMILES string of the molecule is N#CCCN1CCOC(c2ccc(OCc3c(Cl)cccc3Cl)cc2)C1. The van der Waals surface area contributed by atoms with Gasteiger partial charge in [0.05, 0.1) is 18.8 Å². The van der Waals surface area contributed by atoms with Crippen molar-refractivity contribution in [2.45, 2.75) is 19.1 Å². The summed E-state index contributed by atoms with van der Waals surface area (Å²) in [6.45, 7) is 3.46. The summed E-state index contributed by atoms with van der Waals surface area (Å²) in [4.78, 5) is 2.27. The maximum Gasteiger partial charge on any atom is 0.119 e. The maximum atomic E-state index is 8.74. The number of benzene rings is 2. The molecule has 2 aromatic rings. The number of nitrogens with zero attached hydrogens (tertiary/aromatic N) is 2. The van der Waals surface area contributed by atoms with Gasteiger partial charge in [-0.2, -0.15) is 5.26 Å². The molecule has 0 radical (unpaired) electrons. The van der Waals surface area contributed by atoms with Gasteiger partial charge in [-0.3, -0.25) is 4.90 Å².